The van der Waals surface area contributed by atoms with E-state index in [9.17, 15) is 9.59 Å². The van der Waals surface area contributed by atoms with Gasteiger partial charge in [0, 0.05) is 30.5 Å². The Morgan fingerprint density at radius 3 is 2.41 bits per heavy atom. The molecule has 1 aromatic carbocycles. The lowest BCUT2D eigenvalue weighted by molar-refractivity contribution is 0.0989. The van der Waals surface area contributed by atoms with Gasteiger partial charge in [-0.15, -0.1) is 0 Å². The Kier molecular flexibility index (Phi) is 6.86. The summed E-state index contributed by atoms with van der Waals surface area (Å²) >= 11 is 12.6. The van der Waals surface area contributed by atoms with E-state index in [0.717, 1.165) is 11.1 Å². The van der Waals surface area contributed by atoms with Gasteiger partial charge in [-0.3, -0.25) is 14.5 Å². The van der Waals surface area contributed by atoms with Crippen LogP contribution in [0.4, 0.5) is 5.69 Å². The average Bonchev–Trinajstić information content (AvgIpc) is 3.41. The molecule has 39 heavy (non-hydrogen) atoms. The third-order valence-corrected chi connectivity index (χ3v) is 7.11. The summed E-state index contributed by atoms with van der Waals surface area (Å²) in [5, 5.41) is 0.882. The molecule has 1 amide bonds. The second kappa shape index (κ2) is 10.0. The summed E-state index contributed by atoms with van der Waals surface area (Å²) in [6.45, 7) is 5.88. The van der Waals surface area contributed by atoms with Crippen LogP contribution in [0.3, 0.4) is 0 Å². The Morgan fingerprint density at radius 1 is 1.03 bits per heavy atom. The topological polar surface area (TPSA) is 104 Å². The number of aryl methyl sites for hydroxylation is 2. The maximum atomic E-state index is 14.2. The molecule has 0 saturated heterocycles. The van der Waals surface area contributed by atoms with Crippen LogP contribution >= 0.6 is 23.2 Å². The Bertz CT molecular complexity index is 1680. The molecule has 4 heterocycles. The third kappa shape index (κ3) is 4.33. The molecule has 12 heteroatoms. The van der Waals surface area contributed by atoms with Crippen molar-refractivity contribution in [1.29, 1.82) is 0 Å². The normalized spacial score (nSPS) is 14.7. The van der Waals surface area contributed by atoms with Gasteiger partial charge in [0.05, 0.1) is 30.5 Å². The summed E-state index contributed by atoms with van der Waals surface area (Å²) < 4.78 is 14.0. The number of amides is 1. The highest BCUT2D eigenvalue weighted by molar-refractivity contribution is 6.31. The number of hydrogen-bond donors (Lipinski definition) is 0. The average molecular weight is 569 g/mol. The van der Waals surface area contributed by atoms with Crippen LogP contribution in [0.1, 0.15) is 53.2 Å². The molecule has 0 aliphatic carbocycles. The van der Waals surface area contributed by atoms with E-state index < -0.39 is 11.9 Å². The minimum absolute atomic E-state index is 0.138. The Balaban J connectivity index is 1.83. The molecule has 1 atom stereocenters. The number of ether oxygens (including phenoxy) is 2. The Hall–Kier alpha value is -3.89. The first-order valence-electron chi connectivity index (χ1n) is 12.1. The van der Waals surface area contributed by atoms with Crippen molar-refractivity contribution in [2.75, 3.05) is 19.1 Å². The number of nitrogens with zero attached hydrogens (tertiary/aromatic N) is 6. The molecule has 0 N–H and O–H groups in total. The number of fused-ring (bicyclic) bond motifs is 1. The number of anilines is 1. The first kappa shape index (κ1) is 26.7. The van der Waals surface area contributed by atoms with E-state index in [1.807, 2.05) is 37.5 Å². The number of benzene rings is 1. The number of pyridine rings is 1. The summed E-state index contributed by atoms with van der Waals surface area (Å²) in [6.07, 6.45) is 3.06. The van der Waals surface area contributed by atoms with Gasteiger partial charge in [0.25, 0.3) is 11.5 Å². The SMILES string of the molecule is COc1ncc(-c2nc3c(n2C(C)C)C(c2ccc(Cl)cc2C)N(c2cc(Cl)cn(C)c2=O)C3=O)c(OC)n1. The van der Waals surface area contributed by atoms with E-state index >= 15 is 0 Å². The van der Waals surface area contributed by atoms with E-state index in [1.54, 1.807) is 19.3 Å². The Morgan fingerprint density at radius 2 is 1.77 bits per heavy atom. The minimum Gasteiger partial charge on any atom is -0.480 e. The summed E-state index contributed by atoms with van der Waals surface area (Å²) in [6, 6.07) is 6.26. The molecular formula is C27H26Cl2N6O4. The zero-order valence-electron chi connectivity index (χ0n) is 22.2. The van der Waals surface area contributed by atoms with Gasteiger partial charge in [-0.05, 0) is 50.1 Å². The highest BCUT2D eigenvalue weighted by Crippen LogP contribution is 2.46. The van der Waals surface area contributed by atoms with Crippen LogP contribution in [0.25, 0.3) is 11.4 Å². The smallest absolute Gasteiger partial charge is 0.319 e. The lowest BCUT2D eigenvalue weighted by Crippen LogP contribution is -2.36. The second-order valence-corrected chi connectivity index (χ2v) is 10.3. The molecule has 0 radical (unpaired) electrons. The van der Waals surface area contributed by atoms with Crippen LogP contribution < -0.4 is 19.9 Å². The standard InChI is InChI=1S/C27H26Cl2N6O4/c1-13(2)34-22-20(31-23(34)18-11-30-27(39-6)32-24(18)38-5)26(37)35(19-10-16(29)12-33(4)25(19)36)21(22)17-8-7-15(28)9-14(17)3/h7-13,21H,1-6H3. The molecule has 4 aromatic rings. The molecule has 0 spiro atoms. The molecule has 3 aromatic heterocycles. The number of carbonyl (C=O) groups is 1. The van der Waals surface area contributed by atoms with Crippen molar-refractivity contribution in [3.05, 3.63) is 79.6 Å². The predicted molar refractivity (Wildman–Crippen MR) is 148 cm³/mol. The van der Waals surface area contributed by atoms with Gasteiger partial charge in [0.1, 0.15) is 17.6 Å². The van der Waals surface area contributed by atoms with Crippen LogP contribution in [-0.4, -0.2) is 44.2 Å². The quantitative estimate of drug-likeness (QED) is 0.322. The third-order valence-electron chi connectivity index (χ3n) is 6.67. The molecule has 1 aliphatic rings. The Labute approximate surface area is 234 Å². The van der Waals surface area contributed by atoms with Gasteiger partial charge >= 0.3 is 6.01 Å². The number of hydrogen-bond acceptors (Lipinski definition) is 7. The molecule has 1 aliphatic heterocycles. The number of imidazole rings is 1. The van der Waals surface area contributed by atoms with Crippen molar-refractivity contribution in [2.45, 2.75) is 32.9 Å². The predicted octanol–water partition coefficient (Wildman–Crippen LogP) is 5.00. The summed E-state index contributed by atoms with van der Waals surface area (Å²) in [5.74, 6) is 0.274. The molecule has 0 fully saturated rings. The molecule has 10 nitrogen and oxygen atoms in total. The number of carbonyl (C=O) groups excluding carboxylic acids is 1. The van der Waals surface area contributed by atoms with E-state index in [4.69, 9.17) is 37.7 Å². The van der Waals surface area contributed by atoms with Gasteiger partial charge in [-0.1, -0.05) is 29.3 Å². The number of methoxy groups -OCH3 is 2. The maximum Gasteiger partial charge on any atom is 0.319 e. The van der Waals surface area contributed by atoms with E-state index in [2.05, 4.69) is 9.97 Å². The molecule has 5 rings (SSSR count). The van der Waals surface area contributed by atoms with Crippen LogP contribution in [0, 0.1) is 6.92 Å². The molecular weight excluding hydrogens is 543 g/mol. The molecule has 1 unspecified atom stereocenters. The van der Waals surface area contributed by atoms with Crippen LogP contribution in [-0.2, 0) is 7.05 Å². The highest BCUT2D eigenvalue weighted by Gasteiger charge is 2.46. The fourth-order valence-corrected chi connectivity index (χ4v) is 5.47. The fourth-order valence-electron chi connectivity index (χ4n) is 5.00. The summed E-state index contributed by atoms with van der Waals surface area (Å²) in [7, 11) is 4.54. The van der Waals surface area contributed by atoms with E-state index in [1.165, 1.54) is 35.9 Å². The summed E-state index contributed by atoms with van der Waals surface area (Å²) in [4.78, 5) is 42.3. The number of halogens is 2. The van der Waals surface area contributed by atoms with Gasteiger partial charge in [-0.2, -0.15) is 4.98 Å². The largest absolute Gasteiger partial charge is 0.480 e. The van der Waals surface area contributed by atoms with Crippen LogP contribution in [0.15, 0.2) is 41.5 Å². The fraction of sp³-hybridized carbons (Fsp3) is 0.296. The van der Waals surface area contributed by atoms with Crippen LogP contribution in [0.5, 0.6) is 11.9 Å². The lowest BCUT2D eigenvalue weighted by atomic mass is 9.98. The van der Waals surface area contributed by atoms with Crippen molar-refractivity contribution < 1.29 is 14.3 Å². The van der Waals surface area contributed by atoms with Gasteiger partial charge in [0.2, 0.25) is 5.88 Å². The molecule has 0 saturated carbocycles. The highest BCUT2D eigenvalue weighted by atomic mass is 35.5. The lowest BCUT2D eigenvalue weighted by Gasteiger charge is -2.29. The number of rotatable bonds is 6. The monoisotopic (exact) mass is 568 g/mol. The zero-order valence-corrected chi connectivity index (χ0v) is 23.7. The maximum absolute atomic E-state index is 14.2. The van der Waals surface area contributed by atoms with Crippen molar-refractivity contribution in [3.63, 3.8) is 0 Å². The van der Waals surface area contributed by atoms with Crippen LogP contribution in [0.2, 0.25) is 10.0 Å². The van der Waals surface area contributed by atoms with E-state index in [-0.39, 0.29) is 34.9 Å². The van der Waals surface area contributed by atoms with Gasteiger partial charge in [-0.25, -0.2) is 9.97 Å². The molecule has 0 bridgehead atoms. The second-order valence-electron chi connectivity index (χ2n) is 9.45. The first-order chi connectivity index (χ1) is 18.6. The number of aromatic nitrogens is 5. The van der Waals surface area contributed by atoms with Crippen molar-refractivity contribution in [1.82, 2.24) is 24.1 Å². The minimum atomic E-state index is -0.690. The first-order valence-corrected chi connectivity index (χ1v) is 12.9. The van der Waals surface area contributed by atoms with Crippen molar-refractivity contribution in [2.24, 2.45) is 7.05 Å². The molecule has 202 valence electrons. The zero-order chi connectivity index (χ0) is 28.2. The van der Waals surface area contributed by atoms with Gasteiger partial charge < -0.3 is 18.6 Å². The van der Waals surface area contributed by atoms with E-state index in [0.29, 0.717) is 27.1 Å². The summed E-state index contributed by atoms with van der Waals surface area (Å²) in [5.41, 5.74) is 2.74. The van der Waals surface area contributed by atoms with Crippen molar-refractivity contribution in [3.8, 4) is 23.3 Å². The van der Waals surface area contributed by atoms with Crippen molar-refractivity contribution >= 4 is 34.8 Å². The van der Waals surface area contributed by atoms with Gasteiger partial charge in [0.15, 0.2) is 5.69 Å².